The normalized spacial score (nSPS) is 13.6. The van der Waals surface area contributed by atoms with E-state index in [-0.39, 0.29) is 0 Å². The van der Waals surface area contributed by atoms with E-state index >= 15 is 0 Å². The molecule has 2 aromatic carbocycles. The van der Waals surface area contributed by atoms with E-state index in [2.05, 4.69) is 0 Å². The molecule has 0 atom stereocenters. The molecule has 1 aliphatic heterocycles. The zero-order valence-electron chi connectivity index (χ0n) is 11.2. The fourth-order valence-corrected chi connectivity index (χ4v) is 2.42. The summed E-state index contributed by atoms with van der Waals surface area (Å²) in [5, 5.41) is 0. The minimum atomic E-state index is -0.582. The van der Waals surface area contributed by atoms with Gasteiger partial charge >= 0.3 is 0 Å². The Kier molecular flexibility index (Phi) is 3.30. The van der Waals surface area contributed by atoms with Crippen LogP contribution in [0.15, 0.2) is 36.4 Å². The van der Waals surface area contributed by atoms with Crippen LogP contribution in [0.4, 0.5) is 20.2 Å². The van der Waals surface area contributed by atoms with Crippen molar-refractivity contribution in [3.63, 3.8) is 0 Å². The Morgan fingerprint density at radius 2 is 1.75 bits per heavy atom. The van der Waals surface area contributed by atoms with E-state index in [0.717, 1.165) is 37.0 Å². The van der Waals surface area contributed by atoms with Crippen LogP contribution in [0.5, 0.6) is 5.75 Å². The van der Waals surface area contributed by atoms with Gasteiger partial charge in [0.05, 0.1) is 6.61 Å². The van der Waals surface area contributed by atoms with Gasteiger partial charge in [0.2, 0.25) is 0 Å². The Hall–Kier alpha value is -2.10. The number of ether oxygens (including phenoxy) is 1. The molecule has 4 heteroatoms. The zero-order valence-corrected chi connectivity index (χ0v) is 11.2. The summed E-state index contributed by atoms with van der Waals surface area (Å²) in [6.45, 7) is 0.717. The van der Waals surface area contributed by atoms with Crippen molar-refractivity contribution in [2.45, 2.75) is 12.8 Å². The topological polar surface area (TPSA) is 12.5 Å². The average molecular weight is 275 g/mol. The molecule has 0 saturated heterocycles. The fraction of sp³-hybridized carbons (Fsp3) is 0.250. The minimum absolute atomic E-state index is 0.471. The first-order valence-corrected chi connectivity index (χ1v) is 6.59. The molecule has 0 spiro atoms. The lowest BCUT2D eigenvalue weighted by Gasteiger charge is -2.23. The lowest BCUT2D eigenvalue weighted by Crippen LogP contribution is -2.13. The molecule has 0 amide bonds. The van der Waals surface area contributed by atoms with Crippen LogP contribution in [0.3, 0.4) is 0 Å². The molecular formula is C16H15F2NO. The third kappa shape index (κ3) is 2.46. The van der Waals surface area contributed by atoms with Crippen molar-refractivity contribution in [3.05, 3.63) is 53.6 Å². The van der Waals surface area contributed by atoms with Crippen molar-refractivity contribution in [1.29, 1.82) is 0 Å². The van der Waals surface area contributed by atoms with Crippen molar-refractivity contribution in [1.82, 2.24) is 0 Å². The quantitative estimate of drug-likeness (QED) is 0.819. The SMILES string of the molecule is CN(c1cc(F)cc(F)c1)c1ccc2c(c1)OCCC2. The maximum atomic E-state index is 13.3. The molecule has 20 heavy (non-hydrogen) atoms. The van der Waals surface area contributed by atoms with E-state index in [1.807, 2.05) is 18.2 Å². The first-order chi connectivity index (χ1) is 9.63. The summed E-state index contributed by atoms with van der Waals surface area (Å²) in [7, 11) is 1.78. The number of aryl methyl sites for hydroxylation is 1. The molecule has 0 aromatic heterocycles. The lowest BCUT2D eigenvalue weighted by atomic mass is 10.1. The van der Waals surface area contributed by atoms with Gasteiger partial charge in [-0.05, 0) is 36.6 Å². The minimum Gasteiger partial charge on any atom is -0.493 e. The molecule has 3 rings (SSSR count). The van der Waals surface area contributed by atoms with Crippen LogP contribution in [-0.2, 0) is 6.42 Å². The maximum absolute atomic E-state index is 13.3. The highest BCUT2D eigenvalue weighted by molar-refractivity contribution is 5.65. The first kappa shape index (κ1) is 12.9. The van der Waals surface area contributed by atoms with Gasteiger partial charge in [-0.2, -0.15) is 0 Å². The molecular weight excluding hydrogens is 260 g/mol. The van der Waals surface area contributed by atoms with Crippen LogP contribution in [0.1, 0.15) is 12.0 Å². The van der Waals surface area contributed by atoms with Gasteiger partial charge in [0.15, 0.2) is 0 Å². The van der Waals surface area contributed by atoms with Crippen LogP contribution in [0.25, 0.3) is 0 Å². The van der Waals surface area contributed by atoms with Gasteiger partial charge in [0.1, 0.15) is 17.4 Å². The van der Waals surface area contributed by atoms with Crippen molar-refractivity contribution in [2.75, 3.05) is 18.6 Å². The zero-order chi connectivity index (χ0) is 14.1. The van der Waals surface area contributed by atoms with Crippen molar-refractivity contribution in [2.24, 2.45) is 0 Å². The Morgan fingerprint density at radius 3 is 2.50 bits per heavy atom. The van der Waals surface area contributed by atoms with Crippen LogP contribution in [-0.4, -0.2) is 13.7 Å². The van der Waals surface area contributed by atoms with E-state index in [1.54, 1.807) is 11.9 Å². The van der Waals surface area contributed by atoms with E-state index in [4.69, 9.17) is 4.74 Å². The molecule has 104 valence electrons. The van der Waals surface area contributed by atoms with Crippen molar-refractivity contribution >= 4 is 11.4 Å². The second-order valence-corrected chi connectivity index (χ2v) is 4.93. The Balaban J connectivity index is 1.95. The summed E-state index contributed by atoms with van der Waals surface area (Å²) in [5.74, 6) is -0.306. The molecule has 0 aliphatic carbocycles. The van der Waals surface area contributed by atoms with Gasteiger partial charge in [0.25, 0.3) is 0 Å². The Morgan fingerprint density at radius 1 is 1.00 bits per heavy atom. The predicted octanol–water partition coefficient (Wildman–Crippen LogP) is 4.06. The predicted molar refractivity (Wildman–Crippen MR) is 74.7 cm³/mol. The highest BCUT2D eigenvalue weighted by Gasteiger charge is 2.13. The number of halogens is 2. The summed E-state index contributed by atoms with van der Waals surface area (Å²) in [4.78, 5) is 1.74. The molecule has 2 aromatic rings. The summed E-state index contributed by atoms with van der Waals surface area (Å²) < 4.78 is 32.2. The maximum Gasteiger partial charge on any atom is 0.128 e. The molecule has 0 bridgehead atoms. The van der Waals surface area contributed by atoms with Crippen LogP contribution < -0.4 is 9.64 Å². The second-order valence-electron chi connectivity index (χ2n) is 4.93. The van der Waals surface area contributed by atoms with Crippen molar-refractivity contribution in [3.8, 4) is 5.75 Å². The second kappa shape index (κ2) is 5.12. The van der Waals surface area contributed by atoms with E-state index in [9.17, 15) is 8.78 Å². The number of rotatable bonds is 2. The van der Waals surface area contributed by atoms with Gasteiger partial charge < -0.3 is 9.64 Å². The number of anilines is 2. The third-order valence-electron chi connectivity index (χ3n) is 3.52. The lowest BCUT2D eigenvalue weighted by molar-refractivity contribution is 0.288. The smallest absolute Gasteiger partial charge is 0.128 e. The van der Waals surface area contributed by atoms with Gasteiger partial charge in [-0.15, -0.1) is 0 Å². The van der Waals surface area contributed by atoms with Crippen LogP contribution in [0, 0.1) is 11.6 Å². The summed E-state index contributed by atoms with van der Waals surface area (Å²) in [6.07, 6.45) is 2.03. The Labute approximate surface area is 116 Å². The average Bonchev–Trinajstić information content (AvgIpc) is 2.45. The number of hydrogen-bond donors (Lipinski definition) is 0. The highest BCUT2D eigenvalue weighted by atomic mass is 19.1. The summed E-state index contributed by atoms with van der Waals surface area (Å²) in [6, 6.07) is 9.35. The number of nitrogens with zero attached hydrogens (tertiary/aromatic N) is 1. The van der Waals surface area contributed by atoms with E-state index < -0.39 is 11.6 Å². The van der Waals surface area contributed by atoms with Gasteiger partial charge in [-0.25, -0.2) is 8.78 Å². The molecule has 1 heterocycles. The van der Waals surface area contributed by atoms with Gasteiger partial charge in [0, 0.05) is 30.6 Å². The van der Waals surface area contributed by atoms with Crippen molar-refractivity contribution < 1.29 is 13.5 Å². The summed E-state index contributed by atoms with van der Waals surface area (Å²) in [5.41, 5.74) is 2.49. The van der Waals surface area contributed by atoms with Gasteiger partial charge in [-0.3, -0.25) is 0 Å². The largest absolute Gasteiger partial charge is 0.493 e. The van der Waals surface area contributed by atoms with E-state index in [0.29, 0.717) is 5.69 Å². The molecule has 0 radical (unpaired) electrons. The Bertz CT molecular complexity index is 622. The number of hydrogen-bond acceptors (Lipinski definition) is 2. The molecule has 0 N–H and O–H groups in total. The monoisotopic (exact) mass is 275 g/mol. The molecule has 0 fully saturated rings. The summed E-state index contributed by atoms with van der Waals surface area (Å²) >= 11 is 0. The fourth-order valence-electron chi connectivity index (χ4n) is 2.42. The molecule has 1 aliphatic rings. The van der Waals surface area contributed by atoms with Crippen LogP contribution >= 0.6 is 0 Å². The van der Waals surface area contributed by atoms with E-state index in [1.165, 1.54) is 17.7 Å². The standard InChI is InChI=1S/C16H15F2NO/c1-19(15-8-12(17)7-13(18)9-15)14-5-4-11-3-2-6-20-16(11)10-14/h4-5,7-10H,2-3,6H2,1H3. The van der Waals surface area contributed by atoms with Crippen LogP contribution in [0.2, 0.25) is 0 Å². The highest BCUT2D eigenvalue weighted by Crippen LogP contribution is 2.32. The molecule has 0 unspecified atom stereocenters. The first-order valence-electron chi connectivity index (χ1n) is 6.59. The number of benzene rings is 2. The molecule has 2 nitrogen and oxygen atoms in total. The van der Waals surface area contributed by atoms with Gasteiger partial charge in [-0.1, -0.05) is 6.07 Å². The molecule has 0 saturated carbocycles. The third-order valence-corrected chi connectivity index (χ3v) is 3.52. The number of fused-ring (bicyclic) bond motifs is 1.